The first-order valence-corrected chi connectivity index (χ1v) is 5.23. The molecule has 2 amide bonds. The van der Waals surface area contributed by atoms with E-state index in [4.69, 9.17) is 0 Å². The van der Waals surface area contributed by atoms with Crippen LogP contribution in [-0.4, -0.2) is 16.8 Å². The van der Waals surface area contributed by atoms with Crippen LogP contribution >= 0.6 is 0 Å². The highest BCUT2D eigenvalue weighted by atomic mass is 16.2. The third kappa shape index (κ3) is 4.08. The quantitative estimate of drug-likeness (QED) is 0.746. The van der Waals surface area contributed by atoms with E-state index in [0.29, 0.717) is 12.0 Å². The number of carbonyl (C=O) groups excluding carboxylic acids is 2. The monoisotopic (exact) mass is 221 g/mol. The van der Waals surface area contributed by atoms with Crippen LogP contribution in [-0.2, 0) is 4.79 Å². The van der Waals surface area contributed by atoms with Gasteiger partial charge < -0.3 is 0 Å². The van der Waals surface area contributed by atoms with Crippen molar-refractivity contribution in [3.05, 3.63) is 30.1 Å². The van der Waals surface area contributed by atoms with Crippen LogP contribution in [0.1, 0.15) is 36.5 Å². The summed E-state index contributed by atoms with van der Waals surface area (Å²) in [5.74, 6) is -0.544. The van der Waals surface area contributed by atoms with Gasteiger partial charge in [0.05, 0.1) is 5.56 Å². The zero-order chi connectivity index (χ0) is 11.8. The van der Waals surface area contributed by atoms with Gasteiger partial charge in [-0.2, -0.15) is 0 Å². The van der Waals surface area contributed by atoms with E-state index in [9.17, 15) is 9.59 Å². The van der Waals surface area contributed by atoms with Crippen molar-refractivity contribution < 1.29 is 9.59 Å². The number of pyridine rings is 1. The maximum atomic E-state index is 11.5. The minimum Gasteiger partial charge on any atom is -0.273 e. The number of aromatic nitrogens is 1. The Hall–Kier alpha value is -1.91. The fourth-order valence-corrected chi connectivity index (χ4v) is 1.10. The molecule has 1 aromatic rings. The van der Waals surface area contributed by atoms with Gasteiger partial charge in [0.15, 0.2) is 0 Å². The lowest BCUT2D eigenvalue weighted by atomic mass is 10.2. The van der Waals surface area contributed by atoms with Gasteiger partial charge in [0.1, 0.15) is 0 Å². The molecule has 0 aromatic carbocycles. The number of hydrogen-bond donors (Lipinski definition) is 2. The molecular formula is C11H15N3O2. The average molecular weight is 221 g/mol. The van der Waals surface area contributed by atoms with Gasteiger partial charge >= 0.3 is 0 Å². The van der Waals surface area contributed by atoms with Crippen LogP contribution in [0.4, 0.5) is 0 Å². The smallest absolute Gasteiger partial charge is 0.271 e. The largest absolute Gasteiger partial charge is 0.273 e. The maximum absolute atomic E-state index is 11.5. The van der Waals surface area contributed by atoms with E-state index in [-0.39, 0.29) is 11.8 Å². The van der Waals surface area contributed by atoms with Gasteiger partial charge in [-0.3, -0.25) is 25.4 Å². The second-order valence-corrected chi connectivity index (χ2v) is 3.35. The molecule has 0 atom stereocenters. The fraction of sp³-hybridized carbons (Fsp3) is 0.364. The first-order chi connectivity index (χ1) is 7.74. The molecule has 86 valence electrons. The van der Waals surface area contributed by atoms with Crippen LogP contribution in [0.15, 0.2) is 24.5 Å². The summed E-state index contributed by atoms with van der Waals surface area (Å²) in [6.45, 7) is 2.00. The molecule has 2 N–H and O–H groups in total. The Morgan fingerprint density at radius 2 is 2.19 bits per heavy atom. The predicted octanol–water partition coefficient (Wildman–Crippen LogP) is 1.03. The van der Waals surface area contributed by atoms with E-state index in [1.54, 1.807) is 18.3 Å². The average Bonchev–Trinajstić information content (AvgIpc) is 2.34. The Bertz CT molecular complexity index is 352. The molecule has 1 rings (SSSR count). The summed E-state index contributed by atoms with van der Waals surface area (Å²) in [5, 5.41) is 0. The zero-order valence-electron chi connectivity index (χ0n) is 9.19. The highest BCUT2D eigenvalue weighted by molar-refractivity contribution is 5.94. The highest BCUT2D eigenvalue weighted by Crippen LogP contribution is 1.95. The minimum absolute atomic E-state index is 0.181. The molecule has 5 nitrogen and oxygen atoms in total. The van der Waals surface area contributed by atoms with Gasteiger partial charge in [-0.05, 0) is 18.6 Å². The lowest BCUT2D eigenvalue weighted by Crippen LogP contribution is -2.41. The summed E-state index contributed by atoms with van der Waals surface area (Å²) in [5.41, 5.74) is 5.09. The predicted molar refractivity (Wildman–Crippen MR) is 59.4 cm³/mol. The summed E-state index contributed by atoms with van der Waals surface area (Å²) >= 11 is 0. The number of carbonyl (C=O) groups is 2. The van der Waals surface area contributed by atoms with Crippen LogP contribution < -0.4 is 10.9 Å². The second kappa shape index (κ2) is 6.55. The van der Waals surface area contributed by atoms with Crippen LogP contribution in [0.2, 0.25) is 0 Å². The lowest BCUT2D eigenvalue weighted by molar-refractivity contribution is -0.121. The summed E-state index contributed by atoms with van der Waals surface area (Å²) in [7, 11) is 0. The molecule has 0 aliphatic rings. The minimum atomic E-state index is -0.363. The number of hydrazine groups is 1. The second-order valence-electron chi connectivity index (χ2n) is 3.35. The number of hydrogen-bond acceptors (Lipinski definition) is 3. The molecule has 1 heterocycles. The van der Waals surface area contributed by atoms with Gasteiger partial charge in [0.25, 0.3) is 5.91 Å². The first kappa shape index (κ1) is 12.2. The van der Waals surface area contributed by atoms with Crippen molar-refractivity contribution >= 4 is 11.8 Å². The number of amides is 2. The van der Waals surface area contributed by atoms with Crippen molar-refractivity contribution in [1.82, 2.24) is 15.8 Å². The Kier molecular flexibility index (Phi) is 4.98. The van der Waals surface area contributed by atoms with Crippen LogP contribution in [0.25, 0.3) is 0 Å². The molecule has 5 heteroatoms. The molecule has 1 aromatic heterocycles. The number of nitrogens with zero attached hydrogens (tertiary/aromatic N) is 1. The number of rotatable bonds is 4. The topological polar surface area (TPSA) is 71.1 Å². The molecule has 0 spiro atoms. The Labute approximate surface area is 94.2 Å². The summed E-state index contributed by atoms with van der Waals surface area (Å²) in [4.78, 5) is 26.5. The van der Waals surface area contributed by atoms with Crippen molar-refractivity contribution in [2.75, 3.05) is 0 Å². The fourth-order valence-electron chi connectivity index (χ4n) is 1.10. The van der Waals surface area contributed by atoms with Gasteiger partial charge in [-0.15, -0.1) is 0 Å². The van der Waals surface area contributed by atoms with Gasteiger partial charge in [-0.25, -0.2) is 0 Å². The van der Waals surface area contributed by atoms with Crippen molar-refractivity contribution in [3.63, 3.8) is 0 Å². The molecule has 0 saturated heterocycles. The van der Waals surface area contributed by atoms with E-state index >= 15 is 0 Å². The summed E-state index contributed by atoms with van der Waals surface area (Å²) < 4.78 is 0. The Balaban J connectivity index is 2.33. The van der Waals surface area contributed by atoms with E-state index in [2.05, 4.69) is 15.8 Å². The molecule has 0 saturated carbocycles. The SMILES string of the molecule is CCCCC(=O)NNC(=O)c1cccnc1. The van der Waals surface area contributed by atoms with Crippen LogP contribution in [0.5, 0.6) is 0 Å². The summed E-state index contributed by atoms with van der Waals surface area (Å²) in [6.07, 6.45) is 5.20. The number of nitrogens with one attached hydrogen (secondary N) is 2. The van der Waals surface area contributed by atoms with Gasteiger partial charge in [0, 0.05) is 18.8 Å². The highest BCUT2D eigenvalue weighted by Gasteiger charge is 2.06. The Morgan fingerprint density at radius 3 is 2.81 bits per heavy atom. The van der Waals surface area contributed by atoms with Crippen LogP contribution in [0.3, 0.4) is 0 Å². The molecule has 0 unspecified atom stereocenters. The third-order valence-corrected chi connectivity index (χ3v) is 2.00. The third-order valence-electron chi connectivity index (χ3n) is 2.00. The summed E-state index contributed by atoms with van der Waals surface area (Å²) in [6, 6.07) is 3.29. The van der Waals surface area contributed by atoms with E-state index in [1.807, 2.05) is 6.92 Å². The first-order valence-electron chi connectivity index (χ1n) is 5.23. The van der Waals surface area contributed by atoms with E-state index in [0.717, 1.165) is 12.8 Å². The van der Waals surface area contributed by atoms with Crippen molar-refractivity contribution in [2.24, 2.45) is 0 Å². The molecule has 0 aliphatic heterocycles. The molecule has 0 fully saturated rings. The van der Waals surface area contributed by atoms with Crippen molar-refractivity contribution in [2.45, 2.75) is 26.2 Å². The standard InChI is InChI=1S/C11H15N3O2/c1-2-3-6-10(15)13-14-11(16)9-5-4-7-12-8-9/h4-5,7-8H,2-3,6H2,1H3,(H,13,15)(H,14,16). The molecule has 0 aliphatic carbocycles. The lowest BCUT2D eigenvalue weighted by Gasteiger charge is -2.06. The van der Waals surface area contributed by atoms with Crippen molar-refractivity contribution in [1.29, 1.82) is 0 Å². The van der Waals surface area contributed by atoms with Gasteiger partial charge in [-0.1, -0.05) is 13.3 Å². The molecular weight excluding hydrogens is 206 g/mol. The van der Waals surface area contributed by atoms with Crippen molar-refractivity contribution in [3.8, 4) is 0 Å². The maximum Gasteiger partial charge on any atom is 0.271 e. The normalized spacial score (nSPS) is 9.56. The van der Waals surface area contributed by atoms with Crippen LogP contribution in [0, 0.1) is 0 Å². The molecule has 0 bridgehead atoms. The molecule has 0 radical (unpaired) electrons. The zero-order valence-corrected chi connectivity index (χ0v) is 9.19. The Morgan fingerprint density at radius 1 is 1.38 bits per heavy atom. The van der Waals surface area contributed by atoms with Gasteiger partial charge in [0.2, 0.25) is 5.91 Å². The number of unbranched alkanes of at least 4 members (excludes halogenated alkanes) is 1. The molecule has 16 heavy (non-hydrogen) atoms. The van der Waals surface area contributed by atoms with E-state index in [1.165, 1.54) is 6.20 Å². The van der Waals surface area contributed by atoms with E-state index < -0.39 is 0 Å².